The molecule has 0 spiro atoms. The summed E-state index contributed by atoms with van der Waals surface area (Å²) < 4.78 is 18.8. The van der Waals surface area contributed by atoms with Crippen LogP contribution in [-0.2, 0) is 16.1 Å². The van der Waals surface area contributed by atoms with Gasteiger partial charge in [0.15, 0.2) is 0 Å². The number of benzene rings is 1. The number of carbonyl (C=O) groups excluding carboxylic acids is 1. The van der Waals surface area contributed by atoms with Crippen molar-refractivity contribution < 1.29 is 13.9 Å². The van der Waals surface area contributed by atoms with Crippen LogP contribution >= 0.6 is 0 Å². The number of hydrogen-bond donors (Lipinski definition) is 0. The Kier molecular flexibility index (Phi) is 6.60. The second-order valence-electron chi connectivity index (χ2n) is 8.41. The summed E-state index contributed by atoms with van der Waals surface area (Å²) >= 11 is 0. The molecule has 0 aliphatic carbocycles. The molecule has 0 N–H and O–H groups in total. The van der Waals surface area contributed by atoms with Gasteiger partial charge in [-0.3, -0.25) is 14.6 Å². The quantitative estimate of drug-likeness (QED) is 0.792. The van der Waals surface area contributed by atoms with Crippen molar-refractivity contribution >= 4 is 5.91 Å². The van der Waals surface area contributed by atoms with E-state index in [-0.39, 0.29) is 11.7 Å². The van der Waals surface area contributed by atoms with Crippen molar-refractivity contribution in [3.63, 3.8) is 0 Å². The van der Waals surface area contributed by atoms with Crippen LogP contribution < -0.4 is 0 Å². The van der Waals surface area contributed by atoms with Crippen LogP contribution in [0.15, 0.2) is 24.3 Å². The summed E-state index contributed by atoms with van der Waals surface area (Å²) in [4.78, 5) is 19.9. The van der Waals surface area contributed by atoms with Crippen LogP contribution in [0.4, 0.5) is 4.39 Å². The number of carbonyl (C=O) groups is 1. The lowest BCUT2D eigenvalue weighted by Crippen LogP contribution is -2.52. The Morgan fingerprint density at radius 2 is 1.86 bits per heavy atom. The number of halogens is 1. The molecule has 0 saturated carbocycles. The van der Waals surface area contributed by atoms with Crippen LogP contribution in [-0.4, -0.2) is 79.1 Å². The summed E-state index contributed by atoms with van der Waals surface area (Å²) in [6, 6.07) is 7.50. The van der Waals surface area contributed by atoms with E-state index in [2.05, 4.69) is 9.80 Å². The van der Waals surface area contributed by atoms with E-state index >= 15 is 0 Å². The minimum atomic E-state index is -0.156. The van der Waals surface area contributed by atoms with E-state index < -0.39 is 0 Å². The zero-order valence-electron chi connectivity index (χ0n) is 16.7. The largest absolute Gasteiger partial charge is 0.378 e. The normalized spacial score (nSPS) is 25.8. The number of hydrogen-bond acceptors (Lipinski definition) is 4. The fourth-order valence-electron chi connectivity index (χ4n) is 4.92. The number of likely N-dealkylation sites (tertiary alicyclic amines) is 2. The second-order valence-corrected chi connectivity index (χ2v) is 8.41. The Balaban J connectivity index is 1.26. The van der Waals surface area contributed by atoms with E-state index in [4.69, 9.17) is 4.74 Å². The van der Waals surface area contributed by atoms with Crippen molar-refractivity contribution in [1.82, 2.24) is 14.7 Å². The molecule has 1 amide bonds. The van der Waals surface area contributed by atoms with Gasteiger partial charge in [0.25, 0.3) is 0 Å². The lowest BCUT2D eigenvalue weighted by molar-refractivity contribution is -0.142. The Morgan fingerprint density at radius 3 is 2.61 bits per heavy atom. The molecule has 0 unspecified atom stereocenters. The average Bonchev–Trinajstić information content (AvgIpc) is 2.74. The monoisotopic (exact) mass is 389 g/mol. The molecule has 4 rings (SSSR count). The predicted octanol–water partition coefficient (Wildman–Crippen LogP) is 2.36. The van der Waals surface area contributed by atoms with E-state index in [1.165, 1.54) is 6.07 Å². The van der Waals surface area contributed by atoms with E-state index in [0.29, 0.717) is 25.2 Å². The molecule has 3 aliphatic rings. The first kappa shape index (κ1) is 19.8. The standard InChI is InChI=1S/C22H32FN3O2/c23-20-5-1-3-18(15-20)16-24-9-6-21(7-10-24)26-8-2-4-19(17-26)22(27)25-11-13-28-14-12-25/h1,3,5,15,19,21H,2,4,6-14,16-17H2/t19-/m0/s1. The van der Waals surface area contributed by atoms with Gasteiger partial charge in [0, 0.05) is 32.2 Å². The van der Waals surface area contributed by atoms with Crippen LogP contribution in [0.25, 0.3) is 0 Å². The first-order valence-corrected chi connectivity index (χ1v) is 10.8. The molecule has 3 aliphatic heterocycles. The molecule has 1 aromatic carbocycles. The number of rotatable bonds is 4. The highest BCUT2D eigenvalue weighted by molar-refractivity contribution is 5.79. The predicted molar refractivity (Wildman–Crippen MR) is 106 cm³/mol. The number of piperidine rings is 2. The van der Waals surface area contributed by atoms with Crippen LogP contribution in [0.2, 0.25) is 0 Å². The van der Waals surface area contributed by atoms with Crippen molar-refractivity contribution in [2.45, 2.75) is 38.3 Å². The molecule has 1 aromatic rings. The van der Waals surface area contributed by atoms with Crippen molar-refractivity contribution in [1.29, 1.82) is 0 Å². The van der Waals surface area contributed by atoms with E-state index in [9.17, 15) is 9.18 Å². The third-order valence-corrected chi connectivity index (χ3v) is 6.49. The summed E-state index contributed by atoms with van der Waals surface area (Å²) in [5.41, 5.74) is 1.05. The molecular formula is C22H32FN3O2. The first-order valence-electron chi connectivity index (χ1n) is 10.8. The summed E-state index contributed by atoms with van der Waals surface area (Å²) in [6.45, 7) is 7.76. The van der Waals surface area contributed by atoms with Gasteiger partial charge in [-0.15, -0.1) is 0 Å². The van der Waals surface area contributed by atoms with Gasteiger partial charge < -0.3 is 9.64 Å². The van der Waals surface area contributed by atoms with Gasteiger partial charge in [0.1, 0.15) is 5.82 Å². The zero-order chi connectivity index (χ0) is 19.3. The molecule has 0 radical (unpaired) electrons. The van der Waals surface area contributed by atoms with Crippen molar-refractivity contribution in [3.05, 3.63) is 35.6 Å². The molecule has 5 nitrogen and oxygen atoms in total. The highest BCUT2D eigenvalue weighted by Gasteiger charge is 2.33. The fraction of sp³-hybridized carbons (Fsp3) is 0.682. The average molecular weight is 390 g/mol. The molecule has 0 aromatic heterocycles. The van der Waals surface area contributed by atoms with Crippen molar-refractivity contribution in [3.8, 4) is 0 Å². The number of morpholine rings is 1. The van der Waals surface area contributed by atoms with Crippen LogP contribution in [0.1, 0.15) is 31.2 Å². The maximum Gasteiger partial charge on any atom is 0.227 e. The molecule has 28 heavy (non-hydrogen) atoms. The highest BCUT2D eigenvalue weighted by Crippen LogP contribution is 2.26. The lowest BCUT2D eigenvalue weighted by atomic mass is 9.92. The van der Waals surface area contributed by atoms with E-state index in [0.717, 1.165) is 77.1 Å². The summed E-state index contributed by atoms with van der Waals surface area (Å²) in [5, 5.41) is 0. The molecule has 0 bridgehead atoms. The van der Waals surface area contributed by atoms with Gasteiger partial charge in [0.2, 0.25) is 5.91 Å². The molecular weight excluding hydrogens is 357 g/mol. The highest BCUT2D eigenvalue weighted by atomic mass is 19.1. The molecule has 6 heteroatoms. The molecule has 3 fully saturated rings. The minimum absolute atomic E-state index is 0.150. The van der Waals surface area contributed by atoms with Gasteiger partial charge in [0.05, 0.1) is 19.1 Å². The second kappa shape index (κ2) is 9.33. The van der Waals surface area contributed by atoms with Gasteiger partial charge >= 0.3 is 0 Å². The minimum Gasteiger partial charge on any atom is -0.378 e. The van der Waals surface area contributed by atoms with Gasteiger partial charge in [-0.2, -0.15) is 0 Å². The van der Waals surface area contributed by atoms with Gasteiger partial charge in [-0.1, -0.05) is 12.1 Å². The number of nitrogens with zero attached hydrogens (tertiary/aromatic N) is 3. The van der Waals surface area contributed by atoms with Crippen LogP contribution in [0, 0.1) is 11.7 Å². The Hall–Kier alpha value is -1.50. The zero-order valence-corrected chi connectivity index (χ0v) is 16.7. The maximum absolute atomic E-state index is 13.4. The molecule has 154 valence electrons. The third-order valence-electron chi connectivity index (χ3n) is 6.49. The lowest BCUT2D eigenvalue weighted by Gasteiger charge is -2.43. The summed E-state index contributed by atoms with van der Waals surface area (Å²) in [5.74, 6) is 0.324. The van der Waals surface area contributed by atoms with Gasteiger partial charge in [-0.25, -0.2) is 4.39 Å². The Labute approximate surface area is 167 Å². The van der Waals surface area contributed by atoms with E-state index in [1.54, 1.807) is 12.1 Å². The fourth-order valence-corrected chi connectivity index (χ4v) is 4.92. The number of ether oxygens (including phenoxy) is 1. The van der Waals surface area contributed by atoms with Crippen molar-refractivity contribution in [2.75, 3.05) is 52.5 Å². The molecule has 3 saturated heterocycles. The van der Waals surface area contributed by atoms with Crippen molar-refractivity contribution in [2.24, 2.45) is 5.92 Å². The summed E-state index contributed by atoms with van der Waals surface area (Å²) in [6.07, 6.45) is 4.40. The number of amides is 1. The topological polar surface area (TPSA) is 36.0 Å². The SMILES string of the molecule is O=C([C@H]1CCCN(C2CCN(Cc3cccc(F)c3)CC2)C1)N1CCOCC1. The van der Waals surface area contributed by atoms with Crippen LogP contribution in [0.3, 0.4) is 0 Å². The molecule has 3 heterocycles. The molecule has 1 atom stereocenters. The Morgan fingerprint density at radius 1 is 1.07 bits per heavy atom. The Bertz CT molecular complexity index is 657. The third kappa shape index (κ3) is 4.91. The van der Waals surface area contributed by atoms with Gasteiger partial charge in [-0.05, 0) is 63.0 Å². The maximum atomic E-state index is 13.4. The summed E-state index contributed by atoms with van der Waals surface area (Å²) in [7, 11) is 0. The first-order chi connectivity index (χ1) is 13.7. The smallest absolute Gasteiger partial charge is 0.227 e. The van der Waals surface area contributed by atoms with Crippen LogP contribution in [0.5, 0.6) is 0 Å². The van der Waals surface area contributed by atoms with E-state index in [1.807, 2.05) is 11.0 Å².